The van der Waals surface area contributed by atoms with Gasteiger partial charge in [0.1, 0.15) is 17.1 Å². The zero-order valence-electron chi connectivity index (χ0n) is 14.4. The second-order valence-electron chi connectivity index (χ2n) is 5.81. The Morgan fingerprint density at radius 2 is 1.79 bits per heavy atom. The highest BCUT2D eigenvalue weighted by atomic mass is 16.5. The molecule has 0 aliphatic heterocycles. The third-order valence-corrected chi connectivity index (χ3v) is 4.35. The van der Waals surface area contributed by atoms with Gasteiger partial charge in [0, 0.05) is 5.56 Å². The summed E-state index contributed by atoms with van der Waals surface area (Å²) < 4.78 is 7.25. The molecule has 0 fully saturated rings. The van der Waals surface area contributed by atoms with Crippen molar-refractivity contribution in [3.63, 3.8) is 0 Å². The van der Waals surface area contributed by atoms with Crippen molar-refractivity contribution in [1.82, 2.24) is 14.5 Å². The Morgan fingerprint density at radius 3 is 2.42 bits per heavy atom. The standard InChI is InChI=1S/C18H19N5O/c1-9-7-8-13(24-6)10(2)16(9)23-17(19)14(20-5)15-18(23)22-12(4)11(3)21-15/h7-8H,19H2,1-4,6H3. The molecule has 3 rings (SSSR count). The highest BCUT2D eigenvalue weighted by molar-refractivity contribution is 5.97. The van der Waals surface area contributed by atoms with Crippen LogP contribution in [-0.4, -0.2) is 21.6 Å². The summed E-state index contributed by atoms with van der Waals surface area (Å²) in [6, 6.07) is 3.89. The number of hydrogen-bond donors (Lipinski definition) is 1. The molecule has 0 radical (unpaired) electrons. The maximum atomic E-state index is 7.49. The molecular weight excluding hydrogens is 302 g/mol. The Hall–Kier alpha value is -3.07. The van der Waals surface area contributed by atoms with Crippen LogP contribution in [0.2, 0.25) is 0 Å². The summed E-state index contributed by atoms with van der Waals surface area (Å²) in [6.45, 7) is 15.2. The maximum Gasteiger partial charge on any atom is 0.255 e. The summed E-state index contributed by atoms with van der Waals surface area (Å²) in [5, 5.41) is 0. The molecule has 3 aromatic rings. The number of benzene rings is 1. The largest absolute Gasteiger partial charge is 0.496 e. The van der Waals surface area contributed by atoms with Crippen LogP contribution in [0.15, 0.2) is 12.1 Å². The molecule has 122 valence electrons. The van der Waals surface area contributed by atoms with Crippen molar-refractivity contribution in [1.29, 1.82) is 0 Å². The summed E-state index contributed by atoms with van der Waals surface area (Å²) in [5.74, 6) is 1.11. The van der Waals surface area contributed by atoms with Crippen molar-refractivity contribution in [3.05, 3.63) is 46.1 Å². The SMILES string of the molecule is [C-]#[N+]c1c(N)n(-c2c(C)ccc(OC)c2C)c2nc(C)c(C)nc12. The first-order valence-electron chi connectivity index (χ1n) is 7.57. The smallest absolute Gasteiger partial charge is 0.255 e. The molecular formula is C18H19N5O. The highest BCUT2D eigenvalue weighted by Crippen LogP contribution is 2.39. The molecule has 0 atom stereocenters. The predicted octanol–water partition coefficient (Wildman–Crippen LogP) is 3.80. The number of anilines is 1. The number of rotatable bonds is 2. The molecule has 1 aromatic carbocycles. The number of ether oxygens (including phenoxy) is 1. The molecule has 0 amide bonds. The van der Waals surface area contributed by atoms with Crippen molar-refractivity contribution in [2.45, 2.75) is 27.7 Å². The fourth-order valence-electron chi connectivity index (χ4n) is 2.97. The first kappa shape index (κ1) is 15.8. The van der Waals surface area contributed by atoms with Crippen molar-refractivity contribution >= 4 is 22.7 Å². The second-order valence-corrected chi connectivity index (χ2v) is 5.81. The van der Waals surface area contributed by atoms with E-state index in [1.165, 1.54) is 0 Å². The lowest BCUT2D eigenvalue weighted by molar-refractivity contribution is 0.411. The number of aromatic nitrogens is 3. The Morgan fingerprint density at radius 1 is 1.12 bits per heavy atom. The molecule has 6 heteroatoms. The lowest BCUT2D eigenvalue weighted by Gasteiger charge is -2.17. The predicted molar refractivity (Wildman–Crippen MR) is 95.0 cm³/mol. The molecule has 0 aliphatic carbocycles. The molecule has 0 spiro atoms. The van der Waals surface area contributed by atoms with E-state index in [0.717, 1.165) is 34.0 Å². The minimum Gasteiger partial charge on any atom is -0.496 e. The van der Waals surface area contributed by atoms with Crippen molar-refractivity contribution in [2.75, 3.05) is 12.8 Å². The van der Waals surface area contributed by atoms with E-state index in [1.54, 1.807) is 7.11 Å². The van der Waals surface area contributed by atoms with Crippen molar-refractivity contribution in [2.24, 2.45) is 0 Å². The Kier molecular flexibility index (Phi) is 3.64. The van der Waals surface area contributed by atoms with E-state index in [1.807, 2.05) is 44.4 Å². The number of aryl methyl sites for hydroxylation is 3. The number of hydrogen-bond acceptors (Lipinski definition) is 4. The van der Waals surface area contributed by atoms with Crippen LogP contribution in [0.3, 0.4) is 0 Å². The fourth-order valence-corrected chi connectivity index (χ4v) is 2.97. The van der Waals surface area contributed by atoms with Gasteiger partial charge in [-0.05, 0) is 39.3 Å². The topological polar surface area (TPSA) is 70.3 Å². The van der Waals surface area contributed by atoms with Gasteiger partial charge in [-0.25, -0.2) is 9.83 Å². The third kappa shape index (κ3) is 2.09. The first-order chi connectivity index (χ1) is 11.4. The van der Waals surface area contributed by atoms with E-state index in [-0.39, 0.29) is 0 Å². The van der Waals surface area contributed by atoms with Gasteiger partial charge in [0.2, 0.25) is 0 Å². The van der Waals surface area contributed by atoms with Crippen LogP contribution >= 0.6 is 0 Å². The van der Waals surface area contributed by atoms with Gasteiger partial charge in [-0.3, -0.25) is 9.55 Å². The summed E-state index contributed by atoms with van der Waals surface area (Å²) >= 11 is 0. The van der Waals surface area contributed by atoms with Crippen LogP contribution in [0.1, 0.15) is 22.5 Å². The molecule has 0 saturated heterocycles. The number of methoxy groups -OCH3 is 1. The number of fused-ring (bicyclic) bond motifs is 1. The summed E-state index contributed by atoms with van der Waals surface area (Å²) in [7, 11) is 1.64. The fraction of sp³-hybridized carbons (Fsp3) is 0.278. The van der Waals surface area contributed by atoms with E-state index in [0.29, 0.717) is 22.7 Å². The molecule has 6 nitrogen and oxygen atoms in total. The molecule has 2 aromatic heterocycles. The van der Waals surface area contributed by atoms with Crippen LogP contribution in [-0.2, 0) is 0 Å². The van der Waals surface area contributed by atoms with E-state index in [9.17, 15) is 0 Å². The maximum absolute atomic E-state index is 7.49. The van der Waals surface area contributed by atoms with Gasteiger partial charge in [0.15, 0.2) is 5.65 Å². The highest BCUT2D eigenvalue weighted by Gasteiger charge is 2.22. The lowest BCUT2D eigenvalue weighted by atomic mass is 10.1. The molecule has 2 N–H and O–H groups in total. The van der Waals surface area contributed by atoms with Gasteiger partial charge in [0.25, 0.3) is 5.69 Å². The summed E-state index contributed by atoms with van der Waals surface area (Å²) in [5.41, 5.74) is 12.2. The number of nitrogen functional groups attached to an aromatic ring is 1. The van der Waals surface area contributed by atoms with Gasteiger partial charge < -0.3 is 10.5 Å². The average molecular weight is 321 g/mol. The molecule has 0 unspecified atom stereocenters. The summed E-state index contributed by atoms with van der Waals surface area (Å²) in [6.07, 6.45) is 0. The quantitative estimate of drug-likeness (QED) is 0.729. The molecule has 0 bridgehead atoms. The van der Waals surface area contributed by atoms with Gasteiger partial charge >= 0.3 is 0 Å². The normalized spacial score (nSPS) is 10.8. The van der Waals surface area contributed by atoms with Gasteiger partial charge in [0.05, 0.1) is 30.8 Å². The number of nitrogens with zero attached hydrogens (tertiary/aromatic N) is 4. The summed E-state index contributed by atoms with van der Waals surface area (Å²) in [4.78, 5) is 12.8. The first-order valence-corrected chi connectivity index (χ1v) is 7.57. The zero-order valence-corrected chi connectivity index (χ0v) is 14.4. The van der Waals surface area contributed by atoms with E-state index in [4.69, 9.17) is 17.0 Å². The van der Waals surface area contributed by atoms with Crippen molar-refractivity contribution < 1.29 is 4.74 Å². The molecule has 24 heavy (non-hydrogen) atoms. The van der Waals surface area contributed by atoms with Crippen LogP contribution in [0.4, 0.5) is 11.5 Å². The van der Waals surface area contributed by atoms with E-state index < -0.39 is 0 Å². The van der Waals surface area contributed by atoms with Gasteiger partial charge in [-0.2, -0.15) is 0 Å². The third-order valence-electron chi connectivity index (χ3n) is 4.35. The van der Waals surface area contributed by atoms with Crippen molar-refractivity contribution in [3.8, 4) is 11.4 Å². The molecule has 0 saturated carbocycles. The van der Waals surface area contributed by atoms with Crippen LogP contribution in [0.25, 0.3) is 21.7 Å². The van der Waals surface area contributed by atoms with Crippen LogP contribution in [0, 0.1) is 34.3 Å². The van der Waals surface area contributed by atoms with E-state index in [2.05, 4.69) is 14.8 Å². The molecule has 2 heterocycles. The molecule has 0 aliphatic rings. The average Bonchev–Trinajstić information content (AvgIpc) is 2.80. The Bertz CT molecular complexity index is 1010. The van der Waals surface area contributed by atoms with Crippen LogP contribution in [0.5, 0.6) is 5.75 Å². The van der Waals surface area contributed by atoms with Gasteiger partial charge in [-0.15, -0.1) is 0 Å². The van der Waals surface area contributed by atoms with Crippen LogP contribution < -0.4 is 10.5 Å². The Balaban J connectivity index is 2.51. The zero-order chi connectivity index (χ0) is 17.6. The minimum atomic E-state index is 0.335. The van der Waals surface area contributed by atoms with Gasteiger partial charge in [-0.1, -0.05) is 6.07 Å². The monoisotopic (exact) mass is 321 g/mol. The Labute approximate surface area is 140 Å². The lowest BCUT2D eigenvalue weighted by Crippen LogP contribution is -2.07. The minimum absolute atomic E-state index is 0.335. The van der Waals surface area contributed by atoms with E-state index >= 15 is 0 Å². The second kappa shape index (κ2) is 5.53. The number of nitrogens with two attached hydrogens (primary N) is 1.